The van der Waals surface area contributed by atoms with Crippen molar-refractivity contribution in [3.8, 4) is 24.3 Å². The molecule has 0 spiro atoms. The Morgan fingerprint density at radius 2 is 1.58 bits per heavy atom. The van der Waals surface area contributed by atoms with Gasteiger partial charge in [0.2, 0.25) is 0 Å². The topological polar surface area (TPSA) is 125 Å². The molecule has 2 saturated carbocycles. The van der Waals surface area contributed by atoms with Crippen molar-refractivity contribution in [3.63, 3.8) is 0 Å². The summed E-state index contributed by atoms with van der Waals surface area (Å²) in [5.74, 6) is -0.491. The zero-order valence-corrected chi connectivity index (χ0v) is 15.4. The second-order valence-electron chi connectivity index (χ2n) is 8.52. The largest absolute Gasteiger partial charge is 0.495 e. The van der Waals surface area contributed by atoms with Crippen LogP contribution in [0.4, 0.5) is 0 Å². The number of hydrogen-bond donors (Lipinski definition) is 1. The van der Waals surface area contributed by atoms with Crippen molar-refractivity contribution < 1.29 is 9.84 Å². The van der Waals surface area contributed by atoms with E-state index in [1.54, 1.807) is 13.0 Å². The van der Waals surface area contributed by atoms with Crippen LogP contribution < -0.4 is 0 Å². The maximum atomic E-state index is 9.97. The number of hydrogen-bond acceptors (Lipinski definition) is 6. The highest BCUT2D eigenvalue weighted by atomic mass is 16.5. The first-order valence-electron chi connectivity index (χ1n) is 8.88. The summed E-state index contributed by atoms with van der Waals surface area (Å²) >= 11 is 0. The molecule has 1 N–H and O–H groups in total. The maximum absolute atomic E-state index is 9.97. The molecule has 6 nitrogen and oxygen atoms in total. The highest BCUT2D eigenvalue weighted by Gasteiger charge is 2.83. The average molecular weight is 350 g/mol. The summed E-state index contributed by atoms with van der Waals surface area (Å²) in [6.07, 6.45) is 1.39. The maximum Gasteiger partial charge on any atom is 0.186 e. The van der Waals surface area contributed by atoms with Gasteiger partial charge < -0.3 is 9.84 Å². The predicted molar refractivity (Wildman–Crippen MR) is 90.0 cm³/mol. The van der Waals surface area contributed by atoms with Gasteiger partial charge in [0.25, 0.3) is 0 Å². The standard InChI is InChI=1S/C20H22N4O2/c1-11(25)5-12(2)26-14-6-13-15-17(18(15,3)4)16(14)20(9-23,10-24)19(13,7-21)8-22/h6,11-13,15-17,25H,5H2,1-4H3/t11-,12-,13-,15+,16+,17+/m1/s1. The van der Waals surface area contributed by atoms with E-state index in [9.17, 15) is 26.2 Å². The smallest absolute Gasteiger partial charge is 0.186 e. The Labute approximate surface area is 153 Å². The van der Waals surface area contributed by atoms with Gasteiger partial charge in [-0.15, -0.1) is 0 Å². The summed E-state index contributed by atoms with van der Waals surface area (Å²) in [5.41, 5.74) is -3.62. The first kappa shape index (κ1) is 18.3. The second kappa shape index (κ2) is 5.48. The van der Waals surface area contributed by atoms with E-state index >= 15 is 0 Å². The highest BCUT2D eigenvalue weighted by molar-refractivity contribution is 5.50. The number of nitriles is 4. The predicted octanol–water partition coefficient (Wildman–Crippen LogP) is 2.65. The summed E-state index contributed by atoms with van der Waals surface area (Å²) < 4.78 is 6.05. The summed E-state index contributed by atoms with van der Waals surface area (Å²) in [7, 11) is 0. The first-order valence-corrected chi connectivity index (χ1v) is 8.88. The van der Waals surface area contributed by atoms with Crippen LogP contribution in [0.1, 0.15) is 34.1 Å². The Morgan fingerprint density at radius 1 is 1.04 bits per heavy atom. The third kappa shape index (κ3) is 1.92. The van der Waals surface area contributed by atoms with Gasteiger partial charge >= 0.3 is 0 Å². The van der Waals surface area contributed by atoms with Gasteiger partial charge in [-0.1, -0.05) is 13.8 Å². The quantitative estimate of drug-likeness (QED) is 0.831. The first-order chi connectivity index (χ1) is 12.2. The molecule has 0 aliphatic heterocycles. The number of allylic oxidation sites excluding steroid dienone is 2. The summed E-state index contributed by atoms with van der Waals surface area (Å²) in [6, 6.07) is 8.20. The Balaban J connectivity index is 2.14. The fraction of sp³-hybridized carbons (Fsp3) is 0.700. The Kier molecular flexibility index (Phi) is 3.85. The van der Waals surface area contributed by atoms with Gasteiger partial charge in [0.1, 0.15) is 0 Å². The third-order valence-corrected chi connectivity index (χ3v) is 6.70. The number of fused-ring (bicyclic) bond motifs is 1. The molecule has 6 heteroatoms. The van der Waals surface area contributed by atoms with E-state index in [1.165, 1.54) is 0 Å². The fourth-order valence-corrected chi connectivity index (χ4v) is 5.55. The van der Waals surface area contributed by atoms with E-state index in [-0.39, 0.29) is 23.4 Å². The summed E-state index contributed by atoms with van der Waals surface area (Å²) in [4.78, 5) is 0. The Bertz CT molecular complexity index is 802. The molecule has 0 aromatic heterocycles. The second-order valence-corrected chi connectivity index (χ2v) is 8.52. The lowest BCUT2D eigenvalue weighted by Gasteiger charge is -2.50. The minimum absolute atomic E-state index is 0.0281. The minimum atomic E-state index is -1.76. The molecule has 2 bridgehead atoms. The molecule has 4 aliphatic carbocycles. The lowest BCUT2D eigenvalue weighted by Crippen LogP contribution is -2.56. The Hall–Kier alpha value is -2.54. The molecule has 26 heavy (non-hydrogen) atoms. The van der Waals surface area contributed by atoms with Crippen molar-refractivity contribution in [2.24, 2.45) is 39.9 Å². The summed E-state index contributed by atoms with van der Waals surface area (Å²) in [5, 5.41) is 49.3. The molecule has 0 aromatic carbocycles. The van der Waals surface area contributed by atoms with Crippen LogP contribution in [0.2, 0.25) is 0 Å². The molecule has 0 unspecified atom stereocenters. The van der Waals surface area contributed by atoms with Gasteiger partial charge in [0.05, 0.1) is 48.2 Å². The van der Waals surface area contributed by atoms with E-state index in [0.717, 1.165) is 0 Å². The normalized spacial score (nSPS) is 36.0. The number of rotatable bonds is 4. The molecule has 2 fully saturated rings. The Morgan fingerprint density at radius 3 is 2.04 bits per heavy atom. The van der Waals surface area contributed by atoms with Crippen molar-refractivity contribution in [1.29, 1.82) is 21.0 Å². The van der Waals surface area contributed by atoms with Crippen LogP contribution in [0.25, 0.3) is 0 Å². The van der Waals surface area contributed by atoms with Gasteiger partial charge in [-0.2, -0.15) is 21.0 Å². The van der Waals surface area contributed by atoms with Crippen LogP contribution in [0.5, 0.6) is 0 Å². The van der Waals surface area contributed by atoms with Gasteiger partial charge in [0.15, 0.2) is 10.8 Å². The zero-order chi connectivity index (χ0) is 19.5. The lowest BCUT2D eigenvalue weighted by molar-refractivity contribution is -0.0125. The molecule has 6 atom stereocenters. The molecule has 0 amide bonds. The van der Waals surface area contributed by atoms with E-state index in [4.69, 9.17) is 4.74 Å². The van der Waals surface area contributed by atoms with Gasteiger partial charge in [0, 0.05) is 12.3 Å². The molecule has 0 heterocycles. The molecule has 0 saturated heterocycles. The zero-order valence-electron chi connectivity index (χ0n) is 15.4. The monoisotopic (exact) mass is 350 g/mol. The number of nitrogens with zero attached hydrogens (tertiary/aromatic N) is 4. The van der Waals surface area contributed by atoms with Crippen molar-refractivity contribution in [1.82, 2.24) is 0 Å². The number of aliphatic hydroxyl groups excluding tert-OH is 1. The van der Waals surface area contributed by atoms with Crippen LogP contribution in [0.3, 0.4) is 0 Å². The van der Waals surface area contributed by atoms with Crippen LogP contribution >= 0.6 is 0 Å². The van der Waals surface area contributed by atoms with Crippen LogP contribution in [0, 0.1) is 85.2 Å². The minimum Gasteiger partial charge on any atom is -0.495 e. The fourth-order valence-electron chi connectivity index (χ4n) is 5.55. The van der Waals surface area contributed by atoms with E-state index in [2.05, 4.69) is 26.0 Å². The average Bonchev–Trinajstić information content (AvgIpc) is 3.16. The SMILES string of the molecule is C[C@H](C[C@@H](C)O)OC1=C[C@@H]2[C@H]3[C@@H]([C@H]1C(C#N)(C#N)C2(C#N)C#N)C3(C)C. The van der Waals surface area contributed by atoms with Crippen molar-refractivity contribution in [3.05, 3.63) is 11.8 Å². The number of aliphatic hydroxyl groups is 1. The van der Waals surface area contributed by atoms with Crippen molar-refractivity contribution in [2.45, 2.75) is 46.3 Å². The van der Waals surface area contributed by atoms with Crippen molar-refractivity contribution in [2.75, 3.05) is 0 Å². The molecular formula is C20H22N4O2. The molecule has 0 aromatic rings. The molecule has 0 radical (unpaired) electrons. The van der Waals surface area contributed by atoms with E-state index in [0.29, 0.717) is 12.2 Å². The summed E-state index contributed by atoms with van der Waals surface area (Å²) in [6.45, 7) is 7.62. The van der Waals surface area contributed by atoms with E-state index < -0.39 is 28.8 Å². The van der Waals surface area contributed by atoms with Gasteiger partial charge in [-0.05, 0) is 37.2 Å². The van der Waals surface area contributed by atoms with Crippen LogP contribution in [-0.4, -0.2) is 17.3 Å². The molecule has 4 rings (SSSR count). The van der Waals surface area contributed by atoms with E-state index in [1.807, 2.05) is 19.1 Å². The van der Waals surface area contributed by atoms with Crippen LogP contribution in [0.15, 0.2) is 11.8 Å². The van der Waals surface area contributed by atoms with Gasteiger partial charge in [-0.3, -0.25) is 0 Å². The molecule has 4 aliphatic rings. The molecule has 134 valence electrons. The third-order valence-electron chi connectivity index (χ3n) is 6.70. The van der Waals surface area contributed by atoms with Crippen LogP contribution in [-0.2, 0) is 4.74 Å². The molecular weight excluding hydrogens is 328 g/mol. The highest BCUT2D eigenvalue weighted by Crippen LogP contribution is 2.80. The van der Waals surface area contributed by atoms with Gasteiger partial charge in [-0.25, -0.2) is 0 Å². The van der Waals surface area contributed by atoms with Crippen molar-refractivity contribution >= 4 is 0 Å². The number of ether oxygens (including phenoxy) is 1. The lowest BCUT2D eigenvalue weighted by atomic mass is 9.46.